The molecule has 0 aliphatic carbocycles. The van der Waals surface area contributed by atoms with Crippen LogP contribution in [0.1, 0.15) is 24.9 Å². The van der Waals surface area contributed by atoms with Crippen molar-refractivity contribution in [3.05, 3.63) is 34.3 Å². The molecule has 0 aliphatic rings. The second kappa shape index (κ2) is 7.88. The summed E-state index contributed by atoms with van der Waals surface area (Å²) in [6.45, 7) is 1.82. The SMILES string of the molecule is COC(=O)CCN(C)S(=O)(=O)N[C@H](C)c1cccc(Br)c1. The van der Waals surface area contributed by atoms with Crippen LogP contribution in [0.2, 0.25) is 0 Å². The van der Waals surface area contributed by atoms with E-state index in [9.17, 15) is 13.2 Å². The molecular weight excluding hydrogens is 360 g/mol. The molecule has 21 heavy (non-hydrogen) atoms. The Kier molecular flexibility index (Phi) is 6.79. The highest BCUT2D eigenvalue weighted by Crippen LogP contribution is 2.18. The number of hydrogen-bond donors (Lipinski definition) is 1. The molecule has 0 amide bonds. The van der Waals surface area contributed by atoms with Gasteiger partial charge in [-0.15, -0.1) is 0 Å². The first-order valence-corrected chi connectivity index (χ1v) is 8.55. The zero-order valence-corrected chi connectivity index (χ0v) is 14.6. The summed E-state index contributed by atoms with van der Waals surface area (Å²) >= 11 is 3.35. The van der Waals surface area contributed by atoms with Crippen molar-refractivity contribution < 1.29 is 17.9 Å². The quantitative estimate of drug-likeness (QED) is 0.734. The summed E-state index contributed by atoms with van der Waals surface area (Å²) in [6.07, 6.45) is 0.0131. The van der Waals surface area contributed by atoms with Crippen LogP contribution in [0.25, 0.3) is 0 Å². The molecule has 0 spiro atoms. The van der Waals surface area contributed by atoms with Crippen molar-refractivity contribution in [2.75, 3.05) is 20.7 Å². The second-order valence-electron chi connectivity index (χ2n) is 4.55. The van der Waals surface area contributed by atoms with E-state index in [0.29, 0.717) is 0 Å². The predicted octanol–water partition coefficient (Wildman–Crippen LogP) is 1.84. The molecule has 1 atom stereocenters. The zero-order chi connectivity index (χ0) is 16.0. The van der Waals surface area contributed by atoms with E-state index in [4.69, 9.17) is 0 Å². The van der Waals surface area contributed by atoms with Gasteiger partial charge in [0.2, 0.25) is 0 Å². The highest BCUT2D eigenvalue weighted by Gasteiger charge is 2.21. The van der Waals surface area contributed by atoms with Gasteiger partial charge >= 0.3 is 5.97 Å². The van der Waals surface area contributed by atoms with Gasteiger partial charge in [-0.25, -0.2) is 0 Å². The molecule has 1 aromatic carbocycles. The Bertz CT molecular complexity index is 592. The van der Waals surface area contributed by atoms with Gasteiger partial charge in [0.1, 0.15) is 0 Å². The number of hydrogen-bond acceptors (Lipinski definition) is 4. The van der Waals surface area contributed by atoms with Crippen molar-refractivity contribution in [2.45, 2.75) is 19.4 Å². The van der Waals surface area contributed by atoms with Crippen LogP contribution in [-0.2, 0) is 19.7 Å². The van der Waals surface area contributed by atoms with Crippen LogP contribution in [0.3, 0.4) is 0 Å². The minimum absolute atomic E-state index is 0.0131. The van der Waals surface area contributed by atoms with Crippen molar-refractivity contribution in [3.8, 4) is 0 Å². The van der Waals surface area contributed by atoms with Gasteiger partial charge in [-0.3, -0.25) is 4.79 Å². The van der Waals surface area contributed by atoms with Crippen molar-refractivity contribution in [1.82, 2.24) is 9.03 Å². The third kappa shape index (κ3) is 5.74. The third-order valence-corrected chi connectivity index (χ3v) is 5.09. The number of esters is 1. The maximum absolute atomic E-state index is 12.2. The number of ether oxygens (including phenoxy) is 1. The first kappa shape index (κ1) is 18.1. The predicted molar refractivity (Wildman–Crippen MR) is 83.9 cm³/mol. The topological polar surface area (TPSA) is 75.7 Å². The normalized spacial score (nSPS) is 13.2. The smallest absolute Gasteiger partial charge is 0.306 e. The number of carbonyl (C=O) groups excluding carboxylic acids is 1. The minimum Gasteiger partial charge on any atom is -0.469 e. The summed E-state index contributed by atoms with van der Waals surface area (Å²) in [5.74, 6) is -0.447. The molecule has 6 nitrogen and oxygen atoms in total. The fourth-order valence-electron chi connectivity index (χ4n) is 1.63. The van der Waals surface area contributed by atoms with E-state index in [2.05, 4.69) is 25.4 Å². The molecule has 0 aromatic heterocycles. The molecule has 0 heterocycles. The standard InChI is InChI=1S/C13H19BrN2O4S/c1-10(11-5-4-6-12(14)9-11)15-21(18,19)16(2)8-7-13(17)20-3/h4-6,9-10,15H,7-8H2,1-3H3/t10-/m1/s1. The van der Waals surface area contributed by atoms with Gasteiger partial charge in [-0.05, 0) is 24.6 Å². The first-order chi connectivity index (χ1) is 9.76. The number of carbonyl (C=O) groups is 1. The Morgan fingerprint density at radius 1 is 1.48 bits per heavy atom. The molecule has 0 unspecified atom stereocenters. The molecule has 8 heteroatoms. The molecule has 0 aliphatic heterocycles. The molecule has 0 bridgehead atoms. The summed E-state index contributed by atoms with van der Waals surface area (Å²) in [4.78, 5) is 11.1. The lowest BCUT2D eigenvalue weighted by molar-refractivity contribution is -0.140. The van der Waals surface area contributed by atoms with Gasteiger partial charge in [-0.2, -0.15) is 17.4 Å². The van der Waals surface area contributed by atoms with Crippen LogP contribution in [0.4, 0.5) is 0 Å². The fraction of sp³-hybridized carbons (Fsp3) is 0.462. The Labute approximate surface area is 133 Å². The van der Waals surface area contributed by atoms with E-state index in [-0.39, 0.29) is 19.0 Å². The van der Waals surface area contributed by atoms with E-state index < -0.39 is 16.2 Å². The Morgan fingerprint density at radius 3 is 2.71 bits per heavy atom. The van der Waals surface area contributed by atoms with E-state index >= 15 is 0 Å². The first-order valence-electron chi connectivity index (χ1n) is 6.32. The Hall–Kier alpha value is -0.960. The van der Waals surface area contributed by atoms with Gasteiger partial charge in [0, 0.05) is 24.1 Å². The van der Waals surface area contributed by atoms with Crippen LogP contribution < -0.4 is 4.72 Å². The number of nitrogens with zero attached hydrogens (tertiary/aromatic N) is 1. The van der Waals surface area contributed by atoms with Gasteiger partial charge in [0.25, 0.3) is 10.2 Å². The monoisotopic (exact) mass is 378 g/mol. The Morgan fingerprint density at radius 2 is 2.14 bits per heavy atom. The molecule has 0 saturated heterocycles. The minimum atomic E-state index is -3.66. The maximum Gasteiger partial charge on any atom is 0.306 e. The third-order valence-electron chi connectivity index (χ3n) is 2.94. The molecule has 118 valence electrons. The van der Waals surface area contributed by atoms with Crippen LogP contribution in [0, 0.1) is 0 Å². The van der Waals surface area contributed by atoms with Gasteiger partial charge in [0.05, 0.1) is 13.5 Å². The molecule has 0 saturated carbocycles. The molecule has 0 radical (unpaired) electrons. The van der Waals surface area contributed by atoms with Crippen LogP contribution in [0.15, 0.2) is 28.7 Å². The van der Waals surface area contributed by atoms with Crippen LogP contribution in [-0.4, -0.2) is 39.4 Å². The zero-order valence-electron chi connectivity index (χ0n) is 12.2. The highest BCUT2D eigenvalue weighted by atomic mass is 79.9. The van der Waals surface area contributed by atoms with E-state index in [1.54, 1.807) is 6.92 Å². The lowest BCUT2D eigenvalue weighted by Gasteiger charge is -2.21. The van der Waals surface area contributed by atoms with Crippen molar-refractivity contribution in [2.24, 2.45) is 0 Å². The number of halogens is 1. The number of rotatable bonds is 7. The number of benzene rings is 1. The summed E-state index contributed by atoms with van der Waals surface area (Å²) < 4.78 is 33.3. The molecule has 1 N–H and O–H groups in total. The van der Waals surface area contributed by atoms with E-state index in [1.165, 1.54) is 14.2 Å². The average molecular weight is 379 g/mol. The molecule has 1 aromatic rings. The number of methoxy groups -OCH3 is 1. The molecular formula is C13H19BrN2O4S. The van der Waals surface area contributed by atoms with Crippen LogP contribution in [0.5, 0.6) is 0 Å². The average Bonchev–Trinajstić information content (AvgIpc) is 2.43. The molecule has 1 rings (SSSR count). The maximum atomic E-state index is 12.2. The Balaban J connectivity index is 2.68. The van der Waals surface area contributed by atoms with Gasteiger partial charge in [-0.1, -0.05) is 28.1 Å². The van der Waals surface area contributed by atoms with Crippen molar-refractivity contribution in [3.63, 3.8) is 0 Å². The number of nitrogens with one attached hydrogen (secondary N) is 1. The molecule has 0 fully saturated rings. The van der Waals surface area contributed by atoms with Crippen molar-refractivity contribution in [1.29, 1.82) is 0 Å². The van der Waals surface area contributed by atoms with Gasteiger partial charge in [0.15, 0.2) is 0 Å². The highest BCUT2D eigenvalue weighted by molar-refractivity contribution is 9.10. The summed E-state index contributed by atoms with van der Waals surface area (Å²) in [5.41, 5.74) is 0.842. The summed E-state index contributed by atoms with van der Waals surface area (Å²) in [6, 6.07) is 7.01. The summed E-state index contributed by atoms with van der Waals surface area (Å²) in [7, 11) is -0.980. The van der Waals surface area contributed by atoms with Crippen molar-refractivity contribution >= 4 is 32.1 Å². The van der Waals surface area contributed by atoms with E-state index in [0.717, 1.165) is 14.3 Å². The summed E-state index contributed by atoms with van der Waals surface area (Å²) in [5, 5.41) is 0. The van der Waals surface area contributed by atoms with Gasteiger partial charge < -0.3 is 4.74 Å². The second-order valence-corrected chi connectivity index (χ2v) is 7.27. The largest absolute Gasteiger partial charge is 0.469 e. The fourth-order valence-corrected chi connectivity index (χ4v) is 3.14. The van der Waals surface area contributed by atoms with E-state index in [1.807, 2.05) is 24.3 Å². The lowest BCUT2D eigenvalue weighted by atomic mass is 10.1. The van der Waals surface area contributed by atoms with Crippen LogP contribution >= 0.6 is 15.9 Å². The lowest BCUT2D eigenvalue weighted by Crippen LogP contribution is -2.40.